The second kappa shape index (κ2) is 9.15. The number of nitriles is 1. The number of anilines is 1. The van der Waals surface area contributed by atoms with Crippen LogP contribution in [0, 0.1) is 11.3 Å². The van der Waals surface area contributed by atoms with Crippen LogP contribution in [-0.2, 0) is 14.6 Å². The van der Waals surface area contributed by atoms with Gasteiger partial charge in [-0.2, -0.15) is 18.4 Å². The molecule has 0 aromatic heterocycles. The van der Waals surface area contributed by atoms with Crippen molar-refractivity contribution in [1.82, 2.24) is 0 Å². The molecule has 154 valence electrons. The Morgan fingerprint density at radius 1 is 1.17 bits per heavy atom. The minimum atomic E-state index is -4.56. The van der Waals surface area contributed by atoms with Crippen molar-refractivity contribution in [1.29, 1.82) is 5.26 Å². The zero-order valence-electron chi connectivity index (χ0n) is 14.7. The lowest BCUT2D eigenvalue weighted by atomic mass is 10.2. The SMILES string of the molecule is N#Cc1cc(NC(=O)CCS(=O)(=O)c2ccc(Cl)cc2)ccc1OCC(F)(F)F. The summed E-state index contributed by atoms with van der Waals surface area (Å²) in [7, 11) is -3.70. The van der Waals surface area contributed by atoms with E-state index in [4.69, 9.17) is 16.9 Å². The molecule has 0 heterocycles. The summed E-state index contributed by atoms with van der Waals surface area (Å²) >= 11 is 5.71. The standard InChI is InChI=1S/C18H14ClF3N2O4S/c19-13-1-4-15(5-2-13)29(26,27)8-7-17(25)24-14-3-6-16(12(9-14)10-23)28-11-18(20,21)22/h1-6,9H,7-8,11H2,(H,24,25). The quantitative estimate of drug-likeness (QED) is 0.694. The summed E-state index contributed by atoms with van der Waals surface area (Å²) in [4.78, 5) is 12.0. The van der Waals surface area contributed by atoms with Gasteiger partial charge in [0.05, 0.1) is 16.2 Å². The molecule has 0 atom stereocenters. The van der Waals surface area contributed by atoms with Crippen LogP contribution in [0.2, 0.25) is 5.02 Å². The monoisotopic (exact) mass is 446 g/mol. The van der Waals surface area contributed by atoms with Crippen LogP contribution in [0.5, 0.6) is 5.75 Å². The van der Waals surface area contributed by atoms with E-state index in [1.807, 2.05) is 0 Å². The van der Waals surface area contributed by atoms with Gasteiger partial charge in [0.2, 0.25) is 5.91 Å². The number of rotatable bonds is 7. The zero-order chi connectivity index (χ0) is 21.7. The Hall–Kier alpha value is -2.77. The van der Waals surface area contributed by atoms with Gasteiger partial charge in [-0.05, 0) is 42.5 Å². The van der Waals surface area contributed by atoms with Gasteiger partial charge in [-0.1, -0.05) is 11.6 Å². The molecule has 0 aliphatic carbocycles. The molecule has 1 amide bonds. The number of amides is 1. The van der Waals surface area contributed by atoms with Gasteiger partial charge in [-0.3, -0.25) is 4.79 Å². The minimum Gasteiger partial charge on any atom is -0.483 e. The van der Waals surface area contributed by atoms with Gasteiger partial charge >= 0.3 is 6.18 Å². The smallest absolute Gasteiger partial charge is 0.422 e. The maximum atomic E-state index is 12.2. The van der Waals surface area contributed by atoms with Crippen LogP contribution in [0.25, 0.3) is 0 Å². The molecule has 2 aromatic rings. The Labute approximate surface area is 169 Å². The predicted molar refractivity (Wildman–Crippen MR) is 99.5 cm³/mol. The second-order valence-corrected chi connectivity index (χ2v) is 8.34. The molecule has 11 heteroatoms. The summed E-state index contributed by atoms with van der Waals surface area (Å²) in [5, 5.41) is 11.8. The first-order valence-corrected chi connectivity index (χ1v) is 10.0. The van der Waals surface area contributed by atoms with Crippen molar-refractivity contribution in [3.63, 3.8) is 0 Å². The number of nitrogens with zero attached hydrogens (tertiary/aromatic N) is 1. The third-order valence-electron chi connectivity index (χ3n) is 3.55. The molecule has 0 spiro atoms. The largest absolute Gasteiger partial charge is 0.483 e. The number of halogens is 4. The lowest BCUT2D eigenvalue weighted by Crippen LogP contribution is -2.20. The van der Waals surface area contributed by atoms with Gasteiger partial charge in [0.15, 0.2) is 16.4 Å². The maximum absolute atomic E-state index is 12.2. The van der Waals surface area contributed by atoms with Crippen molar-refractivity contribution >= 4 is 33.0 Å². The van der Waals surface area contributed by atoms with Crippen molar-refractivity contribution in [2.24, 2.45) is 0 Å². The Morgan fingerprint density at radius 2 is 1.83 bits per heavy atom. The van der Waals surface area contributed by atoms with Gasteiger partial charge < -0.3 is 10.1 Å². The topological polar surface area (TPSA) is 96.3 Å². The minimum absolute atomic E-state index is 0.0210. The molecular formula is C18H14ClF3N2O4S. The molecule has 0 saturated carbocycles. The van der Waals surface area contributed by atoms with E-state index in [0.29, 0.717) is 5.02 Å². The molecule has 2 aromatic carbocycles. The Morgan fingerprint density at radius 3 is 2.41 bits per heavy atom. The van der Waals surface area contributed by atoms with Crippen molar-refractivity contribution in [2.45, 2.75) is 17.5 Å². The average Bonchev–Trinajstić information content (AvgIpc) is 2.65. The van der Waals surface area contributed by atoms with Crippen LogP contribution in [0.15, 0.2) is 47.4 Å². The summed E-state index contributed by atoms with van der Waals surface area (Å²) in [6, 6.07) is 10.7. The fourth-order valence-corrected chi connectivity index (χ4v) is 3.56. The lowest BCUT2D eigenvalue weighted by molar-refractivity contribution is -0.153. The van der Waals surface area contributed by atoms with Gasteiger partial charge in [-0.15, -0.1) is 0 Å². The first-order chi connectivity index (χ1) is 13.5. The number of hydrogen-bond donors (Lipinski definition) is 1. The van der Waals surface area contributed by atoms with Crippen LogP contribution in [0.4, 0.5) is 18.9 Å². The van der Waals surface area contributed by atoms with Crippen LogP contribution in [-0.4, -0.2) is 32.9 Å². The molecule has 29 heavy (non-hydrogen) atoms. The van der Waals surface area contributed by atoms with Crippen molar-refractivity contribution < 1.29 is 31.1 Å². The Balaban J connectivity index is 2.00. The van der Waals surface area contributed by atoms with E-state index in [0.717, 1.165) is 12.1 Å². The van der Waals surface area contributed by atoms with Gasteiger partial charge in [-0.25, -0.2) is 8.42 Å². The molecule has 0 saturated heterocycles. The van der Waals surface area contributed by atoms with Crippen LogP contribution in [0.3, 0.4) is 0 Å². The van der Waals surface area contributed by atoms with Gasteiger partial charge in [0.25, 0.3) is 0 Å². The highest BCUT2D eigenvalue weighted by Gasteiger charge is 2.29. The predicted octanol–water partition coefficient (Wildman–Crippen LogP) is 3.96. The summed E-state index contributed by atoms with van der Waals surface area (Å²) in [6.07, 6.45) is -4.92. The first kappa shape index (κ1) is 22.5. The second-order valence-electron chi connectivity index (χ2n) is 5.80. The van der Waals surface area contributed by atoms with Crippen molar-refractivity contribution in [3.8, 4) is 11.8 Å². The van der Waals surface area contributed by atoms with E-state index in [1.54, 1.807) is 6.07 Å². The molecule has 0 bridgehead atoms. The number of carbonyl (C=O) groups is 1. The highest BCUT2D eigenvalue weighted by atomic mass is 35.5. The summed E-state index contributed by atoms with van der Waals surface area (Å²) in [5.41, 5.74) is -0.0874. The van der Waals surface area contributed by atoms with E-state index in [2.05, 4.69) is 10.1 Å². The molecular weight excluding hydrogens is 433 g/mol. The number of carbonyl (C=O) groups excluding carboxylic acids is 1. The number of nitrogens with one attached hydrogen (secondary N) is 1. The highest BCUT2D eigenvalue weighted by molar-refractivity contribution is 7.91. The third-order valence-corrected chi connectivity index (χ3v) is 5.53. The number of sulfone groups is 1. The summed E-state index contributed by atoms with van der Waals surface area (Å²) < 4.78 is 65.7. The molecule has 0 unspecified atom stereocenters. The molecule has 6 nitrogen and oxygen atoms in total. The van der Waals surface area contributed by atoms with Crippen LogP contribution in [0.1, 0.15) is 12.0 Å². The Kier molecular flexibility index (Phi) is 7.11. The zero-order valence-corrected chi connectivity index (χ0v) is 16.2. The summed E-state index contributed by atoms with van der Waals surface area (Å²) in [5.74, 6) is -1.39. The molecule has 0 radical (unpaired) electrons. The van der Waals surface area contributed by atoms with E-state index in [1.165, 1.54) is 30.3 Å². The van der Waals surface area contributed by atoms with E-state index >= 15 is 0 Å². The van der Waals surface area contributed by atoms with Crippen molar-refractivity contribution in [2.75, 3.05) is 17.7 Å². The molecule has 1 N–H and O–H groups in total. The molecule has 0 aliphatic rings. The fourth-order valence-electron chi connectivity index (χ4n) is 2.19. The van der Waals surface area contributed by atoms with Crippen LogP contribution < -0.4 is 10.1 Å². The van der Waals surface area contributed by atoms with E-state index in [-0.39, 0.29) is 28.3 Å². The van der Waals surface area contributed by atoms with Gasteiger partial charge in [0.1, 0.15) is 11.8 Å². The van der Waals surface area contributed by atoms with E-state index < -0.39 is 34.3 Å². The number of benzene rings is 2. The van der Waals surface area contributed by atoms with Crippen molar-refractivity contribution in [3.05, 3.63) is 53.1 Å². The molecule has 0 aliphatic heterocycles. The lowest BCUT2D eigenvalue weighted by Gasteiger charge is -2.12. The summed E-state index contributed by atoms with van der Waals surface area (Å²) in [6.45, 7) is -1.56. The average molecular weight is 447 g/mol. The van der Waals surface area contributed by atoms with Gasteiger partial charge in [0, 0.05) is 17.1 Å². The van der Waals surface area contributed by atoms with E-state index in [9.17, 15) is 26.4 Å². The number of ether oxygens (including phenoxy) is 1. The Bertz CT molecular complexity index is 1030. The first-order valence-electron chi connectivity index (χ1n) is 8.02. The number of alkyl halides is 3. The normalized spacial score (nSPS) is 11.6. The molecule has 0 fully saturated rings. The fraction of sp³-hybridized carbons (Fsp3) is 0.222. The van der Waals surface area contributed by atoms with Crippen LogP contribution >= 0.6 is 11.6 Å². The molecule has 2 rings (SSSR count). The maximum Gasteiger partial charge on any atom is 0.422 e. The third kappa shape index (κ3) is 6.96. The highest BCUT2D eigenvalue weighted by Crippen LogP contribution is 2.25. The number of hydrogen-bond acceptors (Lipinski definition) is 5.